The molecular weight excluding hydrogens is 681 g/mol. The molecular formula is C51H44BN3O. The van der Waals surface area contributed by atoms with Crippen molar-refractivity contribution in [2.75, 3.05) is 9.80 Å². The van der Waals surface area contributed by atoms with Crippen LogP contribution in [0.5, 0.6) is 11.6 Å². The first-order valence-corrected chi connectivity index (χ1v) is 20.0. The molecule has 272 valence electrons. The van der Waals surface area contributed by atoms with Crippen LogP contribution in [0.15, 0.2) is 146 Å². The normalized spacial score (nSPS) is 16.8. The van der Waals surface area contributed by atoms with Gasteiger partial charge in [-0.15, -0.1) is 0 Å². The Bertz CT molecular complexity index is 2700. The minimum absolute atomic E-state index is 0.0238. The lowest BCUT2D eigenvalue weighted by Crippen LogP contribution is -2.60. The topological polar surface area (TPSA) is 28.6 Å². The lowest BCUT2D eigenvalue weighted by molar-refractivity contribution is 0.402. The summed E-state index contributed by atoms with van der Waals surface area (Å²) in [7, 11) is 0. The average molecular weight is 726 g/mol. The SMILES string of the molecule is CC1(C)CC(C)(C)c2cc3c(cc21)Oc1nccc2c1B3c1cc3c(cc1N2c1ccccc1)-c1ccc(N(c2ccccc2)c2ccccc2)cc1C3(C)C. The molecule has 3 heterocycles. The number of anilines is 6. The van der Waals surface area contributed by atoms with Crippen LogP contribution < -0.4 is 30.9 Å². The Balaban J connectivity index is 1.14. The highest BCUT2D eigenvalue weighted by molar-refractivity contribution is 6.99. The van der Waals surface area contributed by atoms with Crippen LogP contribution >= 0.6 is 0 Å². The lowest BCUT2D eigenvalue weighted by Gasteiger charge is -2.40. The molecule has 1 aromatic heterocycles. The van der Waals surface area contributed by atoms with Crippen molar-refractivity contribution >= 4 is 57.2 Å². The molecule has 0 saturated heterocycles. The van der Waals surface area contributed by atoms with E-state index in [0.29, 0.717) is 5.88 Å². The van der Waals surface area contributed by atoms with Gasteiger partial charge in [-0.25, -0.2) is 4.98 Å². The molecule has 0 unspecified atom stereocenters. The minimum Gasteiger partial charge on any atom is -0.440 e. The van der Waals surface area contributed by atoms with Crippen LogP contribution in [0.4, 0.5) is 34.1 Å². The van der Waals surface area contributed by atoms with Crippen LogP contribution in [-0.2, 0) is 16.2 Å². The Hall–Kier alpha value is -6.07. The van der Waals surface area contributed by atoms with E-state index in [1.165, 1.54) is 50.0 Å². The average Bonchev–Trinajstić information content (AvgIpc) is 3.53. The molecule has 4 nitrogen and oxygen atoms in total. The van der Waals surface area contributed by atoms with Crippen LogP contribution in [0.3, 0.4) is 0 Å². The van der Waals surface area contributed by atoms with E-state index in [9.17, 15) is 0 Å². The number of fused-ring (bicyclic) bond motifs is 8. The number of hydrogen-bond acceptors (Lipinski definition) is 4. The molecule has 5 heteroatoms. The van der Waals surface area contributed by atoms with Crippen molar-refractivity contribution in [3.05, 3.63) is 168 Å². The fourth-order valence-electron chi connectivity index (χ4n) is 10.8. The van der Waals surface area contributed by atoms with Crippen LogP contribution in [0, 0.1) is 0 Å². The van der Waals surface area contributed by atoms with Crippen molar-refractivity contribution in [2.24, 2.45) is 0 Å². The molecule has 0 bridgehead atoms. The maximum absolute atomic E-state index is 6.86. The maximum Gasteiger partial charge on any atom is 0.258 e. The zero-order chi connectivity index (χ0) is 38.1. The second-order valence-electron chi connectivity index (χ2n) is 18.0. The predicted octanol–water partition coefficient (Wildman–Crippen LogP) is 11.2. The van der Waals surface area contributed by atoms with Gasteiger partial charge >= 0.3 is 0 Å². The first kappa shape index (κ1) is 33.3. The van der Waals surface area contributed by atoms with Crippen molar-refractivity contribution in [1.29, 1.82) is 0 Å². The van der Waals surface area contributed by atoms with E-state index in [1.54, 1.807) is 0 Å². The molecule has 0 radical (unpaired) electrons. The van der Waals surface area contributed by atoms with Crippen LogP contribution in [0.25, 0.3) is 11.1 Å². The molecule has 56 heavy (non-hydrogen) atoms. The van der Waals surface area contributed by atoms with E-state index in [1.807, 2.05) is 6.20 Å². The van der Waals surface area contributed by atoms with Gasteiger partial charge in [-0.3, -0.25) is 0 Å². The van der Waals surface area contributed by atoms with Gasteiger partial charge in [0.1, 0.15) is 5.75 Å². The van der Waals surface area contributed by atoms with Gasteiger partial charge in [-0.05, 0) is 128 Å². The van der Waals surface area contributed by atoms with Gasteiger partial charge in [-0.1, -0.05) is 114 Å². The van der Waals surface area contributed by atoms with E-state index in [-0.39, 0.29) is 23.0 Å². The van der Waals surface area contributed by atoms with Gasteiger partial charge in [0.15, 0.2) is 0 Å². The summed E-state index contributed by atoms with van der Waals surface area (Å²) in [5.74, 6) is 1.64. The first-order valence-electron chi connectivity index (χ1n) is 20.0. The van der Waals surface area contributed by atoms with Crippen molar-refractivity contribution in [3.63, 3.8) is 0 Å². The number of aromatic nitrogens is 1. The molecule has 6 aromatic carbocycles. The fourth-order valence-corrected chi connectivity index (χ4v) is 10.8. The van der Waals surface area contributed by atoms with Gasteiger partial charge in [-0.2, -0.15) is 0 Å². The van der Waals surface area contributed by atoms with Crippen LogP contribution in [0.1, 0.15) is 70.2 Å². The summed E-state index contributed by atoms with van der Waals surface area (Å²) in [6.45, 7) is 14.3. The van der Waals surface area contributed by atoms with Crippen molar-refractivity contribution in [2.45, 2.75) is 64.2 Å². The Morgan fingerprint density at radius 3 is 1.86 bits per heavy atom. The quantitative estimate of drug-likeness (QED) is 0.169. The highest BCUT2D eigenvalue weighted by Crippen LogP contribution is 2.54. The van der Waals surface area contributed by atoms with Crippen LogP contribution in [0.2, 0.25) is 0 Å². The van der Waals surface area contributed by atoms with Crippen molar-refractivity contribution in [3.8, 4) is 22.8 Å². The number of hydrogen-bond donors (Lipinski definition) is 0. The first-order chi connectivity index (χ1) is 27.0. The summed E-state index contributed by atoms with van der Waals surface area (Å²) in [4.78, 5) is 9.73. The van der Waals surface area contributed by atoms with Crippen molar-refractivity contribution in [1.82, 2.24) is 4.98 Å². The second kappa shape index (κ2) is 11.5. The minimum atomic E-state index is -0.248. The summed E-state index contributed by atoms with van der Waals surface area (Å²) in [5.41, 5.74) is 18.5. The summed E-state index contributed by atoms with van der Waals surface area (Å²) < 4.78 is 6.86. The molecule has 0 spiro atoms. The fraction of sp³-hybridized carbons (Fsp3) is 0.196. The Morgan fingerprint density at radius 1 is 0.571 bits per heavy atom. The van der Waals surface area contributed by atoms with E-state index in [0.717, 1.165) is 46.1 Å². The highest BCUT2D eigenvalue weighted by Gasteiger charge is 2.48. The standard InChI is InChI=1S/C51H44BN3O/c1-49(2)31-50(3,4)41-30-46-43(29-40(41)49)52-42-28-39-37(27-45(42)55(34-20-14-9-15-21-34)44-24-25-53-48(56-46)47(44)52)36-23-22-35(26-38(36)51(39,5)6)54(32-16-10-7-11-17-32)33-18-12-8-13-19-33/h7-30H,31H2,1-6H3. The lowest BCUT2D eigenvalue weighted by atomic mass is 9.34. The van der Waals surface area contributed by atoms with Gasteiger partial charge in [0.25, 0.3) is 6.71 Å². The van der Waals surface area contributed by atoms with E-state index >= 15 is 0 Å². The van der Waals surface area contributed by atoms with Crippen molar-refractivity contribution < 1.29 is 4.74 Å². The molecule has 11 rings (SSSR count). The van der Waals surface area contributed by atoms with Gasteiger partial charge in [0.2, 0.25) is 5.88 Å². The third kappa shape index (κ3) is 4.64. The molecule has 7 aromatic rings. The number of pyridine rings is 1. The molecule has 0 atom stereocenters. The Labute approximate surface area is 330 Å². The van der Waals surface area contributed by atoms with Gasteiger partial charge < -0.3 is 14.5 Å². The smallest absolute Gasteiger partial charge is 0.258 e. The molecule has 0 saturated carbocycles. The molecule has 0 fully saturated rings. The number of para-hydroxylation sites is 3. The summed E-state index contributed by atoms with van der Waals surface area (Å²) in [6, 6.07) is 51.3. The zero-order valence-corrected chi connectivity index (χ0v) is 32.9. The predicted molar refractivity (Wildman–Crippen MR) is 233 cm³/mol. The number of rotatable bonds is 4. The third-order valence-electron chi connectivity index (χ3n) is 13.1. The molecule has 0 amide bonds. The monoisotopic (exact) mass is 725 g/mol. The van der Waals surface area contributed by atoms with Crippen LogP contribution in [-0.4, -0.2) is 11.7 Å². The van der Waals surface area contributed by atoms with Gasteiger partial charge in [0.05, 0.1) is 0 Å². The third-order valence-corrected chi connectivity index (χ3v) is 13.1. The molecule has 2 aliphatic heterocycles. The summed E-state index contributed by atoms with van der Waals surface area (Å²) >= 11 is 0. The Morgan fingerprint density at radius 2 is 1.18 bits per heavy atom. The molecule has 2 aliphatic carbocycles. The second-order valence-corrected chi connectivity index (χ2v) is 18.0. The number of nitrogens with zero attached hydrogens (tertiary/aromatic N) is 3. The largest absolute Gasteiger partial charge is 0.440 e. The zero-order valence-electron chi connectivity index (χ0n) is 32.9. The van der Waals surface area contributed by atoms with Gasteiger partial charge in [0, 0.05) is 51.2 Å². The molecule has 4 aliphatic rings. The maximum atomic E-state index is 6.86. The molecule has 0 N–H and O–H groups in total. The number of ether oxygens (including phenoxy) is 1. The highest BCUT2D eigenvalue weighted by atomic mass is 16.5. The Kier molecular flexibility index (Phi) is 6.83. The summed E-state index contributed by atoms with van der Waals surface area (Å²) in [6.07, 6.45) is 3.02. The van der Waals surface area contributed by atoms with E-state index < -0.39 is 0 Å². The summed E-state index contributed by atoms with van der Waals surface area (Å²) in [5, 5.41) is 0. The van der Waals surface area contributed by atoms with E-state index in [2.05, 4.69) is 191 Å². The number of benzene rings is 6. The van der Waals surface area contributed by atoms with E-state index in [4.69, 9.17) is 9.72 Å².